The molecule has 7 aromatic carbocycles. The SMILES string of the molecule is c1ccc(-c2nc(-c3ccc4ccccc4c3)nc(-c3ccc(-c4ccc(-c5cccnc5)cc4-c4ccccc4)cc3-c3ccccc3)n2)cc1. The molecule has 0 N–H and O–H groups in total. The van der Waals surface area contributed by atoms with Gasteiger partial charge in [-0.3, -0.25) is 4.98 Å². The maximum atomic E-state index is 5.18. The van der Waals surface area contributed by atoms with E-state index in [9.17, 15) is 0 Å². The maximum Gasteiger partial charge on any atom is 0.164 e. The minimum absolute atomic E-state index is 0.623. The molecule has 9 aromatic rings. The molecule has 0 amide bonds. The van der Waals surface area contributed by atoms with Crippen LogP contribution in [-0.2, 0) is 0 Å². The van der Waals surface area contributed by atoms with Gasteiger partial charge in [0, 0.05) is 34.6 Å². The Morgan fingerprint density at radius 2 is 0.788 bits per heavy atom. The molecule has 0 saturated heterocycles. The van der Waals surface area contributed by atoms with E-state index in [0.29, 0.717) is 17.5 Å². The molecule has 0 spiro atoms. The van der Waals surface area contributed by atoms with Gasteiger partial charge in [0.2, 0.25) is 0 Å². The largest absolute Gasteiger partial charge is 0.264 e. The van der Waals surface area contributed by atoms with E-state index in [1.807, 2.05) is 54.9 Å². The van der Waals surface area contributed by atoms with Crippen molar-refractivity contribution >= 4 is 10.8 Å². The van der Waals surface area contributed by atoms with Crippen molar-refractivity contribution in [3.8, 4) is 78.7 Å². The summed E-state index contributed by atoms with van der Waals surface area (Å²) in [6, 6.07) is 63.3. The van der Waals surface area contributed by atoms with E-state index < -0.39 is 0 Å². The number of benzene rings is 7. The number of hydrogen-bond acceptors (Lipinski definition) is 4. The molecule has 0 aliphatic heterocycles. The zero-order valence-corrected chi connectivity index (χ0v) is 28.3. The van der Waals surface area contributed by atoms with E-state index in [1.54, 1.807) is 0 Å². The Hall–Kier alpha value is -7.04. The third-order valence-electron chi connectivity index (χ3n) is 9.43. The molecule has 0 radical (unpaired) electrons. The third kappa shape index (κ3) is 6.14. The third-order valence-corrected chi connectivity index (χ3v) is 9.43. The summed E-state index contributed by atoms with van der Waals surface area (Å²) in [4.78, 5) is 19.7. The Kier molecular flexibility index (Phi) is 8.16. The summed E-state index contributed by atoms with van der Waals surface area (Å²) < 4.78 is 0. The summed E-state index contributed by atoms with van der Waals surface area (Å²) in [5.41, 5.74) is 11.7. The molecule has 9 rings (SSSR count). The van der Waals surface area contributed by atoms with Crippen molar-refractivity contribution in [1.82, 2.24) is 19.9 Å². The Bertz CT molecular complexity index is 2660. The summed E-state index contributed by atoms with van der Waals surface area (Å²) in [7, 11) is 0. The molecule has 0 bridgehead atoms. The van der Waals surface area contributed by atoms with Gasteiger partial charge in [0.05, 0.1) is 0 Å². The predicted molar refractivity (Wildman–Crippen MR) is 213 cm³/mol. The molecular weight excluding hydrogens is 633 g/mol. The highest BCUT2D eigenvalue weighted by Crippen LogP contribution is 2.40. The average Bonchev–Trinajstić information content (AvgIpc) is 3.24. The topological polar surface area (TPSA) is 51.6 Å². The normalized spacial score (nSPS) is 11.1. The quantitative estimate of drug-likeness (QED) is 0.170. The Morgan fingerprint density at radius 1 is 0.269 bits per heavy atom. The fourth-order valence-corrected chi connectivity index (χ4v) is 6.80. The van der Waals surface area contributed by atoms with Crippen LogP contribution >= 0.6 is 0 Å². The lowest BCUT2D eigenvalue weighted by molar-refractivity contribution is 1.07. The van der Waals surface area contributed by atoms with Crippen molar-refractivity contribution in [1.29, 1.82) is 0 Å². The van der Waals surface area contributed by atoms with E-state index in [4.69, 9.17) is 15.0 Å². The van der Waals surface area contributed by atoms with Crippen molar-refractivity contribution in [2.75, 3.05) is 0 Å². The molecule has 2 heterocycles. The van der Waals surface area contributed by atoms with Crippen LogP contribution in [-0.4, -0.2) is 19.9 Å². The van der Waals surface area contributed by atoms with Crippen LogP contribution in [0.2, 0.25) is 0 Å². The van der Waals surface area contributed by atoms with Gasteiger partial charge >= 0.3 is 0 Å². The Morgan fingerprint density at radius 3 is 1.48 bits per heavy atom. The van der Waals surface area contributed by atoms with Crippen LogP contribution in [0.3, 0.4) is 0 Å². The number of pyridine rings is 1. The lowest BCUT2D eigenvalue weighted by Crippen LogP contribution is -2.01. The van der Waals surface area contributed by atoms with Crippen molar-refractivity contribution in [2.24, 2.45) is 0 Å². The highest BCUT2D eigenvalue weighted by atomic mass is 15.0. The first-order chi connectivity index (χ1) is 25.8. The lowest BCUT2D eigenvalue weighted by atomic mass is 9.88. The molecule has 4 nitrogen and oxygen atoms in total. The average molecular weight is 665 g/mol. The second-order valence-corrected chi connectivity index (χ2v) is 12.7. The molecule has 4 heteroatoms. The summed E-state index contributed by atoms with van der Waals surface area (Å²) in [6.45, 7) is 0. The zero-order chi connectivity index (χ0) is 34.7. The first-order valence-corrected chi connectivity index (χ1v) is 17.4. The number of rotatable bonds is 7. The molecule has 0 atom stereocenters. The van der Waals surface area contributed by atoms with Crippen molar-refractivity contribution in [2.45, 2.75) is 0 Å². The van der Waals surface area contributed by atoms with Gasteiger partial charge in [-0.25, -0.2) is 15.0 Å². The fraction of sp³-hybridized carbons (Fsp3) is 0. The minimum atomic E-state index is 0.623. The molecule has 0 aliphatic carbocycles. The van der Waals surface area contributed by atoms with Crippen LogP contribution in [0.25, 0.3) is 89.4 Å². The molecule has 0 aliphatic rings. The summed E-state index contributed by atoms with van der Waals surface area (Å²) in [5.74, 6) is 1.89. The Labute approximate surface area is 302 Å². The van der Waals surface area contributed by atoms with Crippen molar-refractivity contribution in [3.05, 3.63) is 194 Å². The number of nitrogens with zero attached hydrogens (tertiary/aromatic N) is 4. The molecule has 0 fully saturated rings. The van der Waals surface area contributed by atoms with Crippen LogP contribution in [0.4, 0.5) is 0 Å². The monoisotopic (exact) mass is 664 g/mol. The summed E-state index contributed by atoms with van der Waals surface area (Å²) in [6.07, 6.45) is 3.72. The Balaban J connectivity index is 1.24. The van der Waals surface area contributed by atoms with E-state index in [1.165, 1.54) is 5.39 Å². The predicted octanol–water partition coefficient (Wildman–Crippen LogP) is 12.1. The maximum absolute atomic E-state index is 5.18. The second kappa shape index (κ2) is 13.7. The number of aromatic nitrogens is 4. The molecule has 52 heavy (non-hydrogen) atoms. The van der Waals surface area contributed by atoms with Gasteiger partial charge < -0.3 is 0 Å². The van der Waals surface area contributed by atoms with Crippen LogP contribution in [0.5, 0.6) is 0 Å². The molecular formula is C48H32N4. The zero-order valence-electron chi connectivity index (χ0n) is 28.3. The van der Waals surface area contributed by atoms with Gasteiger partial charge in [0.15, 0.2) is 17.5 Å². The van der Waals surface area contributed by atoms with Gasteiger partial charge in [0.1, 0.15) is 0 Å². The smallest absolute Gasteiger partial charge is 0.164 e. The van der Waals surface area contributed by atoms with Gasteiger partial charge in [-0.1, -0.05) is 152 Å². The molecule has 2 aromatic heterocycles. The molecule has 244 valence electrons. The van der Waals surface area contributed by atoms with Crippen LogP contribution in [0, 0.1) is 0 Å². The summed E-state index contributed by atoms with van der Waals surface area (Å²) in [5, 5.41) is 2.32. The standard InChI is InChI=1S/C48H32N4/c1-4-14-34(15-5-1)44-30-38(41-21-12-28-49-32-41)24-26-42(44)39-25-27-43(45(31-39)35-16-6-2-7-17-35)48-51-46(36-18-8-3-9-19-36)50-47(52-48)40-23-22-33-13-10-11-20-37(33)29-40/h1-32H. The highest BCUT2D eigenvalue weighted by Gasteiger charge is 2.18. The fourth-order valence-electron chi connectivity index (χ4n) is 6.80. The minimum Gasteiger partial charge on any atom is -0.264 e. The van der Waals surface area contributed by atoms with Gasteiger partial charge in [0.25, 0.3) is 0 Å². The van der Waals surface area contributed by atoms with E-state index >= 15 is 0 Å². The number of hydrogen-bond donors (Lipinski definition) is 0. The summed E-state index contributed by atoms with van der Waals surface area (Å²) >= 11 is 0. The highest BCUT2D eigenvalue weighted by molar-refractivity contribution is 5.92. The first kappa shape index (κ1) is 31.0. The van der Waals surface area contributed by atoms with Crippen LogP contribution < -0.4 is 0 Å². The van der Waals surface area contributed by atoms with E-state index in [0.717, 1.165) is 66.6 Å². The molecule has 0 unspecified atom stereocenters. The van der Waals surface area contributed by atoms with Gasteiger partial charge in [-0.05, 0) is 80.0 Å². The van der Waals surface area contributed by atoms with Gasteiger partial charge in [-0.15, -0.1) is 0 Å². The van der Waals surface area contributed by atoms with E-state index in [2.05, 4.69) is 145 Å². The van der Waals surface area contributed by atoms with Gasteiger partial charge in [-0.2, -0.15) is 0 Å². The van der Waals surface area contributed by atoms with E-state index in [-0.39, 0.29) is 0 Å². The van der Waals surface area contributed by atoms with Crippen molar-refractivity contribution < 1.29 is 0 Å². The first-order valence-electron chi connectivity index (χ1n) is 17.4. The second-order valence-electron chi connectivity index (χ2n) is 12.7. The van der Waals surface area contributed by atoms with Crippen LogP contribution in [0.15, 0.2) is 194 Å². The van der Waals surface area contributed by atoms with Crippen molar-refractivity contribution in [3.63, 3.8) is 0 Å². The lowest BCUT2D eigenvalue weighted by Gasteiger charge is -2.17. The molecule has 0 saturated carbocycles. The number of fused-ring (bicyclic) bond motifs is 1. The van der Waals surface area contributed by atoms with Crippen LogP contribution in [0.1, 0.15) is 0 Å².